The van der Waals surface area contributed by atoms with E-state index in [-0.39, 0.29) is 41.2 Å². The topological polar surface area (TPSA) is 93.5 Å². The monoisotopic (exact) mass is 409 g/mol. The zero-order valence-electron chi connectivity index (χ0n) is 15.1. The molecule has 2 amide bonds. The Morgan fingerprint density at radius 2 is 2.07 bits per heavy atom. The van der Waals surface area contributed by atoms with Gasteiger partial charge in [-0.2, -0.15) is 0 Å². The van der Waals surface area contributed by atoms with Crippen LogP contribution < -0.4 is 15.4 Å². The van der Waals surface area contributed by atoms with Crippen LogP contribution in [0, 0.1) is 11.7 Å². The number of hydrogen-bond donors (Lipinski definition) is 2. The van der Waals surface area contributed by atoms with Crippen molar-refractivity contribution in [2.45, 2.75) is 38.3 Å². The first-order chi connectivity index (χ1) is 13.5. The highest BCUT2D eigenvalue weighted by atomic mass is 35.5. The number of rotatable bonds is 7. The predicted octanol–water partition coefficient (Wildman–Crippen LogP) is 2.84. The molecule has 0 aliphatic heterocycles. The van der Waals surface area contributed by atoms with Crippen molar-refractivity contribution in [3.05, 3.63) is 47.4 Å². The number of ether oxygens (including phenoxy) is 1. The molecule has 0 atom stereocenters. The van der Waals surface area contributed by atoms with Crippen LogP contribution in [0.5, 0.6) is 5.75 Å². The third-order valence-electron chi connectivity index (χ3n) is 4.64. The van der Waals surface area contributed by atoms with E-state index >= 15 is 0 Å². The number of benzene rings is 1. The summed E-state index contributed by atoms with van der Waals surface area (Å²) in [7, 11) is 0. The molecule has 28 heavy (non-hydrogen) atoms. The van der Waals surface area contributed by atoms with Gasteiger partial charge in [-0.15, -0.1) is 0 Å². The maximum Gasteiger partial charge on any atom is 0.258 e. The van der Waals surface area contributed by atoms with Gasteiger partial charge in [-0.25, -0.2) is 9.37 Å². The van der Waals surface area contributed by atoms with Crippen LogP contribution in [0.4, 0.5) is 4.39 Å². The first kappa shape index (κ1) is 20.1. The summed E-state index contributed by atoms with van der Waals surface area (Å²) in [5.74, 6) is -0.134. The summed E-state index contributed by atoms with van der Waals surface area (Å²) in [4.78, 5) is 28.0. The van der Waals surface area contributed by atoms with Gasteiger partial charge in [-0.1, -0.05) is 11.6 Å². The number of halogens is 2. The number of aromatic nitrogens is 1. The molecule has 1 saturated carbocycles. The highest BCUT2D eigenvalue weighted by Gasteiger charge is 2.27. The molecule has 0 saturated heterocycles. The molecular weight excluding hydrogens is 389 g/mol. The van der Waals surface area contributed by atoms with Crippen LogP contribution in [0.2, 0.25) is 5.02 Å². The summed E-state index contributed by atoms with van der Waals surface area (Å²) in [6.07, 6.45) is 5.69. The fraction of sp³-hybridized carbons (Fsp3) is 0.421. The van der Waals surface area contributed by atoms with E-state index < -0.39 is 5.82 Å². The summed E-state index contributed by atoms with van der Waals surface area (Å²) >= 11 is 5.61. The smallest absolute Gasteiger partial charge is 0.258 e. The van der Waals surface area contributed by atoms with Crippen molar-refractivity contribution >= 4 is 23.4 Å². The van der Waals surface area contributed by atoms with E-state index in [2.05, 4.69) is 15.6 Å². The van der Waals surface area contributed by atoms with Crippen molar-refractivity contribution in [1.82, 2.24) is 15.6 Å². The Kier molecular flexibility index (Phi) is 6.86. The van der Waals surface area contributed by atoms with Crippen LogP contribution in [-0.4, -0.2) is 29.4 Å². The molecule has 3 rings (SSSR count). The minimum absolute atomic E-state index is 0.00146. The van der Waals surface area contributed by atoms with Crippen molar-refractivity contribution in [2.24, 2.45) is 5.92 Å². The van der Waals surface area contributed by atoms with E-state index in [0.29, 0.717) is 38.0 Å². The van der Waals surface area contributed by atoms with Crippen LogP contribution in [0.25, 0.3) is 0 Å². The molecule has 7 nitrogen and oxygen atoms in total. The van der Waals surface area contributed by atoms with Crippen molar-refractivity contribution in [3.63, 3.8) is 0 Å². The Labute approximate surface area is 166 Å². The van der Waals surface area contributed by atoms with E-state index in [0.717, 1.165) is 6.07 Å². The third kappa shape index (κ3) is 5.69. The van der Waals surface area contributed by atoms with E-state index in [9.17, 15) is 14.0 Å². The lowest BCUT2D eigenvalue weighted by Gasteiger charge is -2.28. The van der Waals surface area contributed by atoms with Crippen molar-refractivity contribution in [1.29, 1.82) is 0 Å². The highest BCUT2D eigenvalue weighted by molar-refractivity contribution is 6.30. The van der Waals surface area contributed by atoms with Crippen LogP contribution in [-0.2, 0) is 16.1 Å². The maximum absolute atomic E-state index is 13.4. The second-order valence-electron chi connectivity index (χ2n) is 6.67. The molecular formula is C19H21ClFN3O4. The number of nitrogens with one attached hydrogen (secondary N) is 2. The van der Waals surface area contributed by atoms with Gasteiger partial charge in [0.15, 0.2) is 13.0 Å². The third-order valence-corrected chi connectivity index (χ3v) is 4.95. The van der Waals surface area contributed by atoms with Gasteiger partial charge in [-0.05, 0) is 37.8 Å². The molecule has 0 radical (unpaired) electrons. The van der Waals surface area contributed by atoms with Gasteiger partial charge in [0.2, 0.25) is 5.91 Å². The molecule has 2 aromatic rings. The maximum atomic E-state index is 13.4. The van der Waals surface area contributed by atoms with Crippen molar-refractivity contribution < 1.29 is 23.1 Å². The van der Waals surface area contributed by atoms with Gasteiger partial charge in [0, 0.05) is 18.0 Å². The molecule has 0 spiro atoms. The fourth-order valence-corrected chi connectivity index (χ4v) is 3.25. The molecule has 1 aliphatic carbocycles. The molecule has 0 bridgehead atoms. The predicted molar refractivity (Wildman–Crippen MR) is 99.1 cm³/mol. The van der Waals surface area contributed by atoms with Gasteiger partial charge in [0.25, 0.3) is 5.91 Å². The zero-order chi connectivity index (χ0) is 19.9. The Hall–Kier alpha value is -2.61. The molecule has 1 aliphatic rings. The van der Waals surface area contributed by atoms with Crippen molar-refractivity contribution in [2.75, 3.05) is 6.61 Å². The second kappa shape index (κ2) is 9.54. The number of oxazole rings is 1. The average molecular weight is 410 g/mol. The van der Waals surface area contributed by atoms with Gasteiger partial charge >= 0.3 is 0 Å². The molecule has 2 N–H and O–H groups in total. The van der Waals surface area contributed by atoms with Gasteiger partial charge in [-0.3, -0.25) is 9.59 Å². The average Bonchev–Trinajstić information content (AvgIpc) is 3.21. The molecule has 1 heterocycles. The van der Waals surface area contributed by atoms with Crippen LogP contribution in [0.1, 0.15) is 31.4 Å². The van der Waals surface area contributed by atoms with E-state index in [1.54, 1.807) is 6.20 Å². The Balaban J connectivity index is 1.35. The van der Waals surface area contributed by atoms with Crippen LogP contribution in [0.3, 0.4) is 0 Å². The Bertz CT molecular complexity index is 808. The number of nitrogens with zero attached hydrogens (tertiary/aromatic N) is 1. The Morgan fingerprint density at radius 3 is 2.75 bits per heavy atom. The van der Waals surface area contributed by atoms with Gasteiger partial charge < -0.3 is 19.8 Å². The quantitative estimate of drug-likeness (QED) is 0.733. The Morgan fingerprint density at radius 1 is 1.29 bits per heavy atom. The molecule has 1 aromatic carbocycles. The first-order valence-electron chi connectivity index (χ1n) is 9.03. The summed E-state index contributed by atoms with van der Waals surface area (Å²) in [5.41, 5.74) is 0. The largest absolute Gasteiger partial charge is 0.484 e. The van der Waals surface area contributed by atoms with E-state index in [4.69, 9.17) is 20.8 Å². The first-order valence-corrected chi connectivity index (χ1v) is 9.41. The molecule has 1 aromatic heterocycles. The van der Waals surface area contributed by atoms with E-state index in [1.165, 1.54) is 18.5 Å². The van der Waals surface area contributed by atoms with Crippen molar-refractivity contribution in [3.8, 4) is 5.75 Å². The summed E-state index contributed by atoms with van der Waals surface area (Å²) < 4.78 is 23.7. The normalized spacial score (nSPS) is 19.1. The second-order valence-corrected chi connectivity index (χ2v) is 7.07. The lowest BCUT2D eigenvalue weighted by atomic mass is 9.85. The van der Waals surface area contributed by atoms with E-state index in [1.807, 2.05) is 0 Å². The number of amides is 2. The summed E-state index contributed by atoms with van der Waals surface area (Å²) in [6.45, 7) is 0.108. The SMILES string of the molecule is O=C(COc1ccc(Cl)c(F)c1)N[C@H]1CC[C@H](C(=O)NCc2cnco2)CC1. The molecule has 150 valence electrons. The summed E-state index contributed by atoms with van der Waals surface area (Å²) in [5, 5.41) is 5.73. The lowest BCUT2D eigenvalue weighted by molar-refractivity contribution is -0.126. The number of carbonyl (C=O) groups excluding carboxylic acids is 2. The lowest BCUT2D eigenvalue weighted by Crippen LogP contribution is -2.42. The zero-order valence-corrected chi connectivity index (χ0v) is 15.9. The minimum atomic E-state index is -0.598. The summed E-state index contributed by atoms with van der Waals surface area (Å²) in [6, 6.07) is 4.01. The van der Waals surface area contributed by atoms with Crippen LogP contribution in [0.15, 0.2) is 35.2 Å². The highest BCUT2D eigenvalue weighted by Crippen LogP contribution is 2.25. The van der Waals surface area contributed by atoms with Gasteiger partial charge in [0.05, 0.1) is 17.8 Å². The molecule has 1 fully saturated rings. The number of hydrogen-bond acceptors (Lipinski definition) is 5. The number of carbonyl (C=O) groups is 2. The molecule has 0 unspecified atom stereocenters. The fourth-order valence-electron chi connectivity index (χ4n) is 3.13. The minimum Gasteiger partial charge on any atom is -0.484 e. The van der Waals surface area contributed by atoms with Gasteiger partial charge in [0.1, 0.15) is 17.3 Å². The molecule has 9 heteroatoms. The van der Waals surface area contributed by atoms with Crippen LogP contribution >= 0.6 is 11.6 Å². The standard InChI is InChI=1S/C19H21ClFN3O4/c20-16-6-5-14(7-17(16)21)27-10-18(25)24-13-3-1-12(2-4-13)19(26)23-9-15-8-22-11-28-15/h5-8,11-13H,1-4,9-10H2,(H,23,26)(H,24,25)/t12-,13-.